The lowest BCUT2D eigenvalue weighted by molar-refractivity contribution is 0.0697. The predicted octanol–water partition coefficient (Wildman–Crippen LogP) is 5.94. The Morgan fingerprint density at radius 2 is 1.81 bits per heavy atom. The summed E-state index contributed by atoms with van der Waals surface area (Å²) >= 11 is 0. The van der Waals surface area contributed by atoms with Gasteiger partial charge in [-0.1, -0.05) is 48.5 Å². The standard InChI is InChI=1S/C26H21FN2O2/c1-18-15-28-17-29(18)16-22(20-8-10-23(27)11-9-20)13-19-7-12-24(26(30)31)25(14-19)21-5-3-2-4-6-21/h2-15,17H,16H2,1H3,(H,30,31). The molecule has 5 heteroatoms. The van der Waals surface area contributed by atoms with Crippen LogP contribution in [0.1, 0.15) is 27.2 Å². The molecule has 0 aliphatic rings. The molecule has 0 saturated carbocycles. The van der Waals surface area contributed by atoms with Gasteiger partial charge in [-0.15, -0.1) is 0 Å². The number of imidazole rings is 1. The Bertz CT molecular complexity index is 1240. The summed E-state index contributed by atoms with van der Waals surface area (Å²) < 4.78 is 15.5. The van der Waals surface area contributed by atoms with Crippen LogP contribution in [0.2, 0.25) is 0 Å². The summed E-state index contributed by atoms with van der Waals surface area (Å²) in [6.07, 6.45) is 5.55. The number of aromatic nitrogens is 2. The number of rotatable bonds is 6. The Labute approximate surface area is 179 Å². The molecule has 0 spiro atoms. The summed E-state index contributed by atoms with van der Waals surface area (Å²) in [6.45, 7) is 2.53. The lowest BCUT2D eigenvalue weighted by Gasteiger charge is -2.13. The van der Waals surface area contributed by atoms with Gasteiger partial charge in [0.15, 0.2) is 0 Å². The van der Waals surface area contributed by atoms with Gasteiger partial charge >= 0.3 is 5.97 Å². The van der Waals surface area contributed by atoms with Gasteiger partial charge in [-0.05, 0) is 65.1 Å². The van der Waals surface area contributed by atoms with Crippen molar-refractivity contribution in [1.29, 1.82) is 0 Å². The molecule has 0 atom stereocenters. The summed E-state index contributed by atoms with van der Waals surface area (Å²) in [5, 5.41) is 9.64. The maximum atomic E-state index is 13.5. The second-order valence-corrected chi connectivity index (χ2v) is 7.32. The third-order valence-corrected chi connectivity index (χ3v) is 5.18. The molecule has 0 amide bonds. The molecule has 1 N–H and O–H groups in total. The minimum Gasteiger partial charge on any atom is -0.478 e. The smallest absolute Gasteiger partial charge is 0.336 e. The second-order valence-electron chi connectivity index (χ2n) is 7.32. The van der Waals surface area contributed by atoms with Crippen LogP contribution in [0, 0.1) is 12.7 Å². The third kappa shape index (κ3) is 4.61. The Kier molecular flexibility index (Phi) is 5.76. The van der Waals surface area contributed by atoms with E-state index in [4.69, 9.17) is 0 Å². The number of halogens is 1. The van der Waals surface area contributed by atoms with Crippen molar-refractivity contribution in [1.82, 2.24) is 9.55 Å². The van der Waals surface area contributed by atoms with E-state index in [0.717, 1.165) is 28.0 Å². The number of aromatic carboxylic acids is 1. The van der Waals surface area contributed by atoms with Crippen molar-refractivity contribution in [2.24, 2.45) is 0 Å². The second kappa shape index (κ2) is 8.79. The van der Waals surface area contributed by atoms with E-state index >= 15 is 0 Å². The van der Waals surface area contributed by atoms with Crippen LogP contribution in [0.3, 0.4) is 0 Å². The molecule has 1 heterocycles. The SMILES string of the molecule is Cc1cncn1CC(=Cc1ccc(C(=O)O)c(-c2ccccc2)c1)c1ccc(F)cc1. The van der Waals surface area contributed by atoms with Gasteiger partial charge in [0, 0.05) is 18.4 Å². The number of carboxylic acids is 1. The van der Waals surface area contributed by atoms with E-state index in [1.165, 1.54) is 12.1 Å². The fourth-order valence-corrected chi connectivity index (χ4v) is 3.52. The Morgan fingerprint density at radius 1 is 1.06 bits per heavy atom. The zero-order chi connectivity index (χ0) is 21.8. The van der Waals surface area contributed by atoms with Gasteiger partial charge in [-0.2, -0.15) is 0 Å². The number of carboxylic acid groups (broad SMARTS) is 1. The van der Waals surface area contributed by atoms with Gasteiger partial charge in [0.25, 0.3) is 0 Å². The molecule has 4 rings (SSSR count). The number of carbonyl (C=O) groups is 1. The zero-order valence-electron chi connectivity index (χ0n) is 17.0. The van der Waals surface area contributed by atoms with E-state index in [1.54, 1.807) is 36.8 Å². The summed E-state index contributed by atoms with van der Waals surface area (Å²) in [5.74, 6) is -1.26. The lowest BCUT2D eigenvalue weighted by atomic mass is 9.95. The molecular formula is C26H21FN2O2. The molecule has 0 bridgehead atoms. The Morgan fingerprint density at radius 3 is 2.45 bits per heavy atom. The largest absolute Gasteiger partial charge is 0.478 e. The maximum absolute atomic E-state index is 13.5. The molecule has 4 nitrogen and oxygen atoms in total. The molecule has 0 radical (unpaired) electrons. The number of hydrogen-bond acceptors (Lipinski definition) is 2. The molecule has 0 aliphatic carbocycles. The van der Waals surface area contributed by atoms with Crippen molar-refractivity contribution in [2.45, 2.75) is 13.5 Å². The number of aryl methyl sites for hydroxylation is 1. The first-order valence-electron chi connectivity index (χ1n) is 9.87. The molecular weight excluding hydrogens is 391 g/mol. The highest BCUT2D eigenvalue weighted by Crippen LogP contribution is 2.28. The lowest BCUT2D eigenvalue weighted by Crippen LogP contribution is -2.02. The summed E-state index contributed by atoms with van der Waals surface area (Å²) in [4.78, 5) is 16.0. The zero-order valence-corrected chi connectivity index (χ0v) is 17.0. The maximum Gasteiger partial charge on any atom is 0.336 e. The molecule has 31 heavy (non-hydrogen) atoms. The van der Waals surface area contributed by atoms with Crippen molar-refractivity contribution >= 4 is 17.6 Å². The van der Waals surface area contributed by atoms with E-state index in [1.807, 2.05) is 54.0 Å². The van der Waals surface area contributed by atoms with Crippen LogP contribution >= 0.6 is 0 Å². The van der Waals surface area contributed by atoms with E-state index in [-0.39, 0.29) is 11.4 Å². The highest BCUT2D eigenvalue weighted by atomic mass is 19.1. The van der Waals surface area contributed by atoms with Gasteiger partial charge in [-0.25, -0.2) is 14.2 Å². The molecule has 0 fully saturated rings. The predicted molar refractivity (Wildman–Crippen MR) is 120 cm³/mol. The van der Waals surface area contributed by atoms with Crippen molar-refractivity contribution in [3.8, 4) is 11.1 Å². The average molecular weight is 412 g/mol. The summed E-state index contributed by atoms with van der Waals surface area (Å²) in [7, 11) is 0. The van der Waals surface area contributed by atoms with Gasteiger partial charge < -0.3 is 9.67 Å². The third-order valence-electron chi connectivity index (χ3n) is 5.18. The topological polar surface area (TPSA) is 55.1 Å². The van der Waals surface area contributed by atoms with Gasteiger partial charge in [0.2, 0.25) is 0 Å². The first-order valence-corrected chi connectivity index (χ1v) is 9.87. The van der Waals surface area contributed by atoms with Crippen LogP contribution in [-0.4, -0.2) is 20.6 Å². The summed E-state index contributed by atoms with van der Waals surface area (Å²) in [5.41, 5.74) is 5.46. The van der Waals surface area contributed by atoms with E-state index in [9.17, 15) is 14.3 Å². The highest BCUT2D eigenvalue weighted by molar-refractivity contribution is 5.97. The number of benzene rings is 3. The molecule has 154 valence electrons. The number of allylic oxidation sites excluding steroid dienone is 1. The van der Waals surface area contributed by atoms with E-state index in [0.29, 0.717) is 12.1 Å². The van der Waals surface area contributed by atoms with E-state index in [2.05, 4.69) is 4.98 Å². The molecule has 0 unspecified atom stereocenters. The van der Waals surface area contributed by atoms with Crippen molar-refractivity contribution in [2.75, 3.05) is 0 Å². The number of nitrogens with zero attached hydrogens (tertiary/aromatic N) is 2. The van der Waals surface area contributed by atoms with Crippen LogP contribution in [0.5, 0.6) is 0 Å². The summed E-state index contributed by atoms with van der Waals surface area (Å²) in [6, 6.07) is 21.1. The molecule has 0 saturated heterocycles. The van der Waals surface area contributed by atoms with Gasteiger partial charge in [0.05, 0.1) is 11.9 Å². The van der Waals surface area contributed by atoms with Crippen molar-refractivity contribution in [3.05, 3.63) is 114 Å². The fraction of sp³-hybridized carbons (Fsp3) is 0.0769. The van der Waals surface area contributed by atoms with Crippen LogP contribution in [-0.2, 0) is 6.54 Å². The minimum atomic E-state index is -0.970. The quantitative estimate of drug-likeness (QED) is 0.399. The Balaban J connectivity index is 1.82. The first kappa shape index (κ1) is 20.3. The molecule has 0 aliphatic heterocycles. The fourth-order valence-electron chi connectivity index (χ4n) is 3.52. The van der Waals surface area contributed by atoms with Crippen LogP contribution in [0.4, 0.5) is 4.39 Å². The molecule has 4 aromatic rings. The first-order chi connectivity index (χ1) is 15.0. The van der Waals surface area contributed by atoms with Gasteiger partial charge in [-0.3, -0.25) is 0 Å². The minimum absolute atomic E-state index is 0.247. The normalized spacial score (nSPS) is 11.5. The monoisotopic (exact) mass is 412 g/mol. The van der Waals surface area contributed by atoms with Gasteiger partial charge in [0.1, 0.15) is 5.82 Å². The average Bonchev–Trinajstić information content (AvgIpc) is 3.18. The van der Waals surface area contributed by atoms with E-state index < -0.39 is 5.97 Å². The molecule has 3 aromatic carbocycles. The van der Waals surface area contributed by atoms with Crippen LogP contribution in [0.25, 0.3) is 22.8 Å². The van der Waals surface area contributed by atoms with Crippen molar-refractivity contribution in [3.63, 3.8) is 0 Å². The van der Waals surface area contributed by atoms with Crippen molar-refractivity contribution < 1.29 is 14.3 Å². The Hall–Kier alpha value is -3.99. The van der Waals surface area contributed by atoms with Crippen LogP contribution < -0.4 is 0 Å². The molecule has 1 aromatic heterocycles. The number of hydrogen-bond donors (Lipinski definition) is 1. The van der Waals surface area contributed by atoms with Crippen LogP contribution in [0.15, 0.2) is 85.3 Å². The highest BCUT2D eigenvalue weighted by Gasteiger charge is 2.13.